The van der Waals surface area contributed by atoms with Gasteiger partial charge in [-0.1, -0.05) is 96.7 Å². The van der Waals surface area contributed by atoms with E-state index in [9.17, 15) is 0 Å². The van der Waals surface area contributed by atoms with Gasteiger partial charge in [-0.2, -0.15) is 23.8 Å². The number of rotatable bonds is 8. The van der Waals surface area contributed by atoms with Crippen molar-refractivity contribution in [1.29, 1.82) is 0 Å². The molecule has 0 heterocycles. The Morgan fingerprint density at radius 2 is 1.14 bits per heavy atom. The van der Waals surface area contributed by atoms with Crippen LogP contribution in [0.3, 0.4) is 0 Å². The zero-order valence-corrected chi connectivity index (χ0v) is 15.5. The maximum atomic E-state index is 2.50. The van der Waals surface area contributed by atoms with Crippen molar-refractivity contribution in [2.75, 3.05) is 0 Å². The average Bonchev–Trinajstić information content (AvgIpc) is 2.51. The Labute approximate surface area is 145 Å². The minimum atomic E-state index is -0.369. The van der Waals surface area contributed by atoms with Gasteiger partial charge in [-0.05, 0) is 0 Å². The van der Waals surface area contributed by atoms with Gasteiger partial charge in [0.05, 0.1) is 0 Å². The second-order valence-electron chi connectivity index (χ2n) is 7.13. The number of hydrogen-bond donors (Lipinski definition) is 0. The molecule has 0 radical (unpaired) electrons. The molecule has 0 saturated heterocycles. The third-order valence-electron chi connectivity index (χ3n) is 6.54. The molecule has 2 heteroatoms. The first kappa shape index (κ1) is 20.9. The molecule has 1 rings (SSSR count). The molecule has 114 valence electrons. The van der Waals surface area contributed by atoms with Crippen LogP contribution in [0, 0.1) is 0 Å². The summed E-state index contributed by atoms with van der Waals surface area (Å²) in [4.78, 5) is 0. The van der Waals surface area contributed by atoms with Crippen molar-refractivity contribution in [3.8, 4) is 0 Å². The monoisotopic (exact) mass is 280 g/mol. The quantitative estimate of drug-likeness (QED) is 0.638. The van der Waals surface area contributed by atoms with Crippen LogP contribution in [-0.4, -0.2) is 6.15 Å². The summed E-state index contributed by atoms with van der Waals surface area (Å²) in [6.07, 6.45) is 4.84. The Hall–Kier alpha value is -0.118. The number of hydrogen-bond acceptors (Lipinski definition) is 0. The van der Waals surface area contributed by atoms with Crippen LogP contribution in [0.4, 0.5) is 0 Å². The molecule has 3 unspecified atom stereocenters. The van der Waals surface area contributed by atoms with Crippen molar-refractivity contribution < 1.29 is 18.9 Å². The van der Waals surface area contributed by atoms with Gasteiger partial charge in [-0.15, -0.1) is 0 Å². The van der Waals surface area contributed by atoms with E-state index in [1.807, 2.05) is 0 Å². The Morgan fingerprint density at radius 3 is 1.48 bits per heavy atom. The standard InChI is InChI=1S/C19H34B.Li/c1-7-16(4)20(17(5)8-2,18(6)9-3)15-19-13-11-10-12-14-19;/h10-14,16-18H,7-9,15H2,1-6H3;/q-1;+1. The molecule has 0 fully saturated rings. The van der Waals surface area contributed by atoms with Gasteiger partial charge < -0.3 is 0 Å². The van der Waals surface area contributed by atoms with Crippen molar-refractivity contribution >= 4 is 6.15 Å². The first-order chi connectivity index (χ1) is 9.52. The Bertz CT molecular complexity index is 350. The van der Waals surface area contributed by atoms with E-state index in [2.05, 4.69) is 71.9 Å². The summed E-state index contributed by atoms with van der Waals surface area (Å²) < 4.78 is 0. The molecule has 0 spiro atoms. The molecule has 0 aliphatic rings. The van der Waals surface area contributed by atoms with Crippen molar-refractivity contribution in [3.05, 3.63) is 35.9 Å². The Balaban J connectivity index is 0.00000400. The van der Waals surface area contributed by atoms with E-state index in [4.69, 9.17) is 0 Å². The molecular formula is C19H34BLi. The normalized spacial score (nSPS) is 18.2. The summed E-state index contributed by atoms with van der Waals surface area (Å²) in [5, 5.41) is 0. The largest absolute Gasteiger partial charge is 1.00 e. The van der Waals surface area contributed by atoms with Crippen molar-refractivity contribution in [3.63, 3.8) is 0 Å². The van der Waals surface area contributed by atoms with Gasteiger partial charge in [0.15, 0.2) is 0 Å². The van der Waals surface area contributed by atoms with Crippen LogP contribution in [0.1, 0.15) is 66.4 Å². The van der Waals surface area contributed by atoms with Crippen LogP contribution >= 0.6 is 0 Å². The van der Waals surface area contributed by atoms with E-state index in [0.717, 1.165) is 17.5 Å². The van der Waals surface area contributed by atoms with E-state index >= 15 is 0 Å². The van der Waals surface area contributed by atoms with Gasteiger partial charge in [0.2, 0.25) is 0 Å². The summed E-state index contributed by atoms with van der Waals surface area (Å²) >= 11 is 0. The molecular weight excluding hydrogens is 246 g/mol. The molecule has 0 aliphatic carbocycles. The van der Waals surface area contributed by atoms with Gasteiger partial charge in [0, 0.05) is 6.15 Å². The average molecular weight is 280 g/mol. The first-order valence-electron chi connectivity index (χ1n) is 8.75. The zero-order chi connectivity index (χ0) is 15.2. The molecule has 1 aromatic carbocycles. The van der Waals surface area contributed by atoms with Gasteiger partial charge in [0.1, 0.15) is 0 Å². The molecule has 0 aromatic heterocycles. The predicted molar refractivity (Wildman–Crippen MR) is 95.0 cm³/mol. The predicted octanol–water partition coefficient (Wildman–Crippen LogP) is 3.62. The fourth-order valence-electron chi connectivity index (χ4n) is 4.62. The van der Waals surface area contributed by atoms with Crippen LogP contribution in [0.2, 0.25) is 17.5 Å². The summed E-state index contributed by atoms with van der Waals surface area (Å²) in [7, 11) is 0. The Morgan fingerprint density at radius 1 is 0.762 bits per heavy atom. The topological polar surface area (TPSA) is 0 Å². The van der Waals surface area contributed by atoms with Crippen LogP contribution in [0.5, 0.6) is 0 Å². The molecule has 0 nitrogen and oxygen atoms in total. The second-order valence-corrected chi connectivity index (χ2v) is 7.13. The van der Waals surface area contributed by atoms with Crippen LogP contribution in [0.25, 0.3) is 0 Å². The van der Waals surface area contributed by atoms with Crippen molar-refractivity contribution in [2.45, 2.75) is 84.6 Å². The fraction of sp³-hybridized carbons (Fsp3) is 0.684. The summed E-state index contributed by atoms with van der Waals surface area (Å²) in [6.45, 7) is 14.6. The Kier molecular flexibility index (Phi) is 9.75. The maximum absolute atomic E-state index is 2.50. The SMILES string of the molecule is CCC(C)[B-](Cc1ccccc1)(C(C)CC)C(C)CC.[Li+]. The summed E-state index contributed by atoms with van der Waals surface area (Å²) in [5.41, 5.74) is 1.54. The van der Waals surface area contributed by atoms with E-state index in [0.29, 0.717) is 0 Å². The molecule has 0 aliphatic heterocycles. The minimum absolute atomic E-state index is 0. The number of benzene rings is 1. The van der Waals surface area contributed by atoms with E-state index in [-0.39, 0.29) is 25.0 Å². The second kappa shape index (κ2) is 9.81. The van der Waals surface area contributed by atoms with Crippen molar-refractivity contribution in [1.82, 2.24) is 0 Å². The van der Waals surface area contributed by atoms with Gasteiger partial charge in [-0.3, -0.25) is 0 Å². The molecule has 0 N–H and O–H groups in total. The summed E-state index contributed by atoms with van der Waals surface area (Å²) in [5.74, 6) is 2.50. The van der Waals surface area contributed by atoms with Gasteiger partial charge >= 0.3 is 18.9 Å². The fourth-order valence-corrected chi connectivity index (χ4v) is 4.62. The molecule has 0 amide bonds. The zero-order valence-electron chi connectivity index (χ0n) is 15.5. The molecule has 21 heavy (non-hydrogen) atoms. The maximum Gasteiger partial charge on any atom is 1.00 e. The van der Waals surface area contributed by atoms with E-state index in [1.165, 1.54) is 31.1 Å². The third kappa shape index (κ3) is 4.67. The molecule has 0 saturated carbocycles. The smallest absolute Gasteiger partial charge is 0.169 e. The minimum Gasteiger partial charge on any atom is -0.169 e. The molecule has 0 bridgehead atoms. The van der Waals surface area contributed by atoms with Crippen LogP contribution < -0.4 is 18.9 Å². The van der Waals surface area contributed by atoms with Crippen LogP contribution in [-0.2, 0) is 6.32 Å². The van der Waals surface area contributed by atoms with Gasteiger partial charge in [0.25, 0.3) is 0 Å². The van der Waals surface area contributed by atoms with E-state index in [1.54, 1.807) is 0 Å². The van der Waals surface area contributed by atoms with Gasteiger partial charge in [-0.25, -0.2) is 0 Å². The first-order valence-corrected chi connectivity index (χ1v) is 8.75. The molecule has 3 atom stereocenters. The molecule has 1 aromatic rings. The van der Waals surface area contributed by atoms with E-state index < -0.39 is 0 Å². The summed E-state index contributed by atoms with van der Waals surface area (Å²) in [6, 6.07) is 11.2. The third-order valence-corrected chi connectivity index (χ3v) is 6.54. The van der Waals surface area contributed by atoms with Crippen molar-refractivity contribution in [2.24, 2.45) is 0 Å². The van der Waals surface area contributed by atoms with Crippen LogP contribution in [0.15, 0.2) is 30.3 Å².